The molecule has 1 N–H and O–H groups in total. The third kappa shape index (κ3) is 5.72. The zero-order valence-corrected chi connectivity index (χ0v) is 14.5. The number of benzene rings is 1. The lowest BCUT2D eigenvalue weighted by molar-refractivity contribution is -0.132. The van der Waals surface area contributed by atoms with Crippen LogP contribution in [0.25, 0.3) is 0 Å². The molecule has 0 atom stereocenters. The Balaban J connectivity index is 1.87. The Bertz CT molecular complexity index is 610. The van der Waals surface area contributed by atoms with E-state index in [1.165, 1.54) is 25.3 Å². The second-order valence-corrected chi connectivity index (χ2v) is 6.08. The van der Waals surface area contributed by atoms with Crippen LogP contribution in [0.3, 0.4) is 0 Å². The molecule has 2 amide bonds. The average molecular weight is 330 g/mol. The van der Waals surface area contributed by atoms with Gasteiger partial charge in [-0.3, -0.25) is 9.59 Å². The van der Waals surface area contributed by atoms with Crippen LogP contribution in [0.5, 0.6) is 5.75 Å². The standard InChI is InChI=1S/C19H26N2O3/c1-15(22)21(12-11-16-7-4-3-5-8-16)14-19(23)20-17-9-6-10-18(13-17)24-2/h6-7,9-10,13H,3-5,8,11-12,14H2,1-2H3,(H,20,23). The quantitative estimate of drug-likeness (QED) is 0.780. The van der Waals surface area contributed by atoms with Crippen molar-refractivity contribution in [3.63, 3.8) is 0 Å². The largest absolute Gasteiger partial charge is 0.497 e. The Morgan fingerprint density at radius 2 is 2.12 bits per heavy atom. The van der Waals surface area contributed by atoms with Crippen molar-refractivity contribution in [1.82, 2.24) is 4.90 Å². The molecule has 24 heavy (non-hydrogen) atoms. The van der Waals surface area contributed by atoms with Gasteiger partial charge < -0.3 is 15.0 Å². The number of rotatable bonds is 7. The first-order valence-electron chi connectivity index (χ1n) is 8.46. The maximum Gasteiger partial charge on any atom is 0.243 e. The van der Waals surface area contributed by atoms with Crippen molar-refractivity contribution in [3.8, 4) is 5.75 Å². The topological polar surface area (TPSA) is 58.6 Å². The predicted molar refractivity (Wildman–Crippen MR) is 95.0 cm³/mol. The molecule has 0 heterocycles. The molecule has 130 valence electrons. The van der Waals surface area contributed by atoms with Crippen LogP contribution in [-0.4, -0.2) is 36.9 Å². The van der Waals surface area contributed by atoms with Gasteiger partial charge in [0.2, 0.25) is 11.8 Å². The molecule has 5 nitrogen and oxygen atoms in total. The van der Waals surface area contributed by atoms with Gasteiger partial charge >= 0.3 is 0 Å². The molecule has 0 radical (unpaired) electrons. The number of amides is 2. The fourth-order valence-corrected chi connectivity index (χ4v) is 2.83. The molecule has 0 aliphatic heterocycles. The highest BCUT2D eigenvalue weighted by atomic mass is 16.5. The second-order valence-electron chi connectivity index (χ2n) is 6.08. The van der Waals surface area contributed by atoms with Gasteiger partial charge in [-0.2, -0.15) is 0 Å². The van der Waals surface area contributed by atoms with Crippen LogP contribution in [0.2, 0.25) is 0 Å². The Morgan fingerprint density at radius 3 is 2.79 bits per heavy atom. The van der Waals surface area contributed by atoms with E-state index in [-0.39, 0.29) is 18.4 Å². The number of nitrogens with one attached hydrogen (secondary N) is 1. The fraction of sp³-hybridized carbons (Fsp3) is 0.474. The molecule has 1 aromatic carbocycles. The number of allylic oxidation sites excluding steroid dienone is 1. The van der Waals surface area contributed by atoms with Gasteiger partial charge in [-0.15, -0.1) is 0 Å². The normalized spacial score (nSPS) is 13.8. The smallest absolute Gasteiger partial charge is 0.243 e. The first-order chi connectivity index (χ1) is 11.6. The highest BCUT2D eigenvalue weighted by molar-refractivity contribution is 5.94. The monoisotopic (exact) mass is 330 g/mol. The summed E-state index contributed by atoms with van der Waals surface area (Å²) >= 11 is 0. The van der Waals surface area contributed by atoms with Gasteiger partial charge in [-0.25, -0.2) is 0 Å². The maximum atomic E-state index is 12.2. The lowest BCUT2D eigenvalue weighted by Gasteiger charge is -2.22. The second kappa shape index (κ2) is 9.11. The van der Waals surface area contributed by atoms with Crippen LogP contribution in [0.4, 0.5) is 5.69 Å². The van der Waals surface area contributed by atoms with Crippen LogP contribution >= 0.6 is 0 Å². The number of hydrogen-bond acceptors (Lipinski definition) is 3. The molecular formula is C19H26N2O3. The zero-order chi connectivity index (χ0) is 17.4. The van der Waals surface area contributed by atoms with Crippen LogP contribution in [0.1, 0.15) is 39.0 Å². The van der Waals surface area contributed by atoms with Crippen LogP contribution < -0.4 is 10.1 Å². The van der Waals surface area contributed by atoms with E-state index in [1.807, 2.05) is 12.1 Å². The minimum atomic E-state index is -0.198. The number of anilines is 1. The van der Waals surface area contributed by atoms with Crippen molar-refractivity contribution < 1.29 is 14.3 Å². The molecule has 0 fully saturated rings. The number of hydrogen-bond donors (Lipinski definition) is 1. The third-order valence-corrected chi connectivity index (χ3v) is 4.22. The van der Waals surface area contributed by atoms with Crippen molar-refractivity contribution in [2.45, 2.75) is 39.0 Å². The molecule has 5 heteroatoms. The van der Waals surface area contributed by atoms with E-state index in [4.69, 9.17) is 4.74 Å². The molecule has 0 saturated carbocycles. The highest BCUT2D eigenvalue weighted by Gasteiger charge is 2.15. The Hall–Kier alpha value is -2.30. The van der Waals surface area contributed by atoms with Crippen molar-refractivity contribution in [3.05, 3.63) is 35.9 Å². The van der Waals surface area contributed by atoms with Crippen molar-refractivity contribution in [2.24, 2.45) is 0 Å². The minimum Gasteiger partial charge on any atom is -0.497 e. The molecule has 0 saturated heterocycles. The van der Waals surface area contributed by atoms with Crippen molar-refractivity contribution in [1.29, 1.82) is 0 Å². The van der Waals surface area contributed by atoms with Gasteiger partial charge in [-0.05, 0) is 44.2 Å². The summed E-state index contributed by atoms with van der Waals surface area (Å²) in [7, 11) is 1.58. The zero-order valence-electron chi connectivity index (χ0n) is 14.5. The van der Waals surface area contributed by atoms with Gasteiger partial charge in [0.25, 0.3) is 0 Å². The van der Waals surface area contributed by atoms with E-state index in [9.17, 15) is 9.59 Å². The summed E-state index contributed by atoms with van der Waals surface area (Å²) in [4.78, 5) is 25.6. The number of carbonyl (C=O) groups excluding carboxylic acids is 2. The summed E-state index contributed by atoms with van der Waals surface area (Å²) in [6, 6.07) is 7.18. The lowest BCUT2D eigenvalue weighted by atomic mass is 9.97. The summed E-state index contributed by atoms with van der Waals surface area (Å²) in [5.74, 6) is 0.406. The lowest BCUT2D eigenvalue weighted by Crippen LogP contribution is -2.37. The van der Waals surface area contributed by atoms with Crippen LogP contribution in [0, 0.1) is 0 Å². The number of nitrogens with zero attached hydrogens (tertiary/aromatic N) is 1. The Kier molecular flexibility index (Phi) is 6.85. The third-order valence-electron chi connectivity index (χ3n) is 4.22. The maximum absolute atomic E-state index is 12.2. The van der Waals surface area contributed by atoms with E-state index in [1.54, 1.807) is 24.1 Å². The van der Waals surface area contributed by atoms with Crippen molar-refractivity contribution >= 4 is 17.5 Å². The van der Waals surface area contributed by atoms with E-state index < -0.39 is 0 Å². The fourth-order valence-electron chi connectivity index (χ4n) is 2.83. The SMILES string of the molecule is COc1cccc(NC(=O)CN(CCC2=CCCCC2)C(C)=O)c1. The molecule has 0 unspecified atom stereocenters. The van der Waals surface area contributed by atoms with Gasteiger partial charge in [0.1, 0.15) is 5.75 Å². The number of ether oxygens (including phenoxy) is 1. The van der Waals surface area contributed by atoms with Crippen LogP contribution in [-0.2, 0) is 9.59 Å². The predicted octanol–water partition coefficient (Wildman–Crippen LogP) is 3.37. The Labute approximate surface area is 143 Å². The summed E-state index contributed by atoms with van der Waals surface area (Å²) in [5.41, 5.74) is 2.07. The van der Waals surface area contributed by atoms with E-state index >= 15 is 0 Å². The van der Waals surface area contributed by atoms with Gasteiger partial charge in [0.05, 0.1) is 13.7 Å². The minimum absolute atomic E-state index is 0.0693. The molecule has 0 bridgehead atoms. The van der Waals surface area contributed by atoms with Gasteiger partial charge in [0, 0.05) is 25.2 Å². The van der Waals surface area contributed by atoms with E-state index in [2.05, 4.69) is 11.4 Å². The highest BCUT2D eigenvalue weighted by Crippen LogP contribution is 2.20. The van der Waals surface area contributed by atoms with Crippen molar-refractivity contribution in [2.75, 3.05) is 25.5 Å². The average Bonchev–Trinajstić information content (AvgIpc) is 2.59. The van der Waals surface area contributed by atoms with E-state index in [0.717, 1.165) is 19.3 Å². The van der Waals surface area contributed by atoms with Crippen LogP contribution in [0.15, 0.2) is 35.9 Å². The molecule has 2 rings (SSSR count). The summed E-state index contributed by atoms with van der Waals surface area (Å²) in [6.45, 7) is 2.17. The summed E-state index contributed by atoms with van der Waals surface area (Å²) in [5, 5.41) is 2.81. The van der Waals surface area contributed by atoms with E-state index in [0.29, 0.717) is 18.0 Å². The number of methoxy groups -OCH3 is 1. The summed E-state index contributed by atoms with van der Waals surface area (Å²) < 4.78 is 5.14. The molecule has 1 aromatic rings. The summed E-state index contributed by atoms with van der Waals surface area (Å²) in [6.07, 6.45) is 7.85. The first kappa shape index (κ1) is 18.0. The Morgan fingerprint density at radius 1 is 1.29 bits per heavy atom. The molecular weight excluding hydrogens is 304 g/mol. The van der Waals surface area contributed by atoms with Gasteiger partial charge in [-0.1, -0.05) is 17.7 Å². The first-order valence-corrected chi connectivity index (χ1v) is 8.46. The van der Waals surface area contributed by atoms with Gasteiger partial charge in [0.15, 0.2) is 0 Å². The molecule has 1 aliphatic rings. The molecule has 0 spiro atoms. The molecule has 1 aliphatic carbocycles. The molecule has 0 aromatic heterocycles. The number of carbonyl (C=O) groups is 2.